The van der Waals surface area contributed by atoms with E-state index < -0.39 is 0 Å². The van der Waals surface area contributed by atoms with Crippen molar-refractivity contribution in [3.63, 3.8) is 0 Å². The number of hydrogen-bond acceptors (Lipinski definition) is 2. The fourth-order valence-corrected chi connectivity index (χ4v) is 1.66. The Bertz CT molecular complexity index is 315. The Morgan fingerprint density at radius 3 is 2.69 bits per heavy atom. The fraction of sp³-hybridized carbons (Fsp3) is 0.538. The van der Waals surface area contributed by atoms with Crippen molar-refractivity contribution in [2.45, 2.75) is 32.9 Å². The number of hydrogen-bond donors (Lipinski definition) is 1. The van der Waals surface area contributed by atoms with Gasteiger partial charge in [-0.3, -0.25) is 0 Å². The van der Waals surface area contributed by atoms with E-state index >= 15 is 0 Å². The maximum absolute atomic E-state index is 5.94. The average Bonchev–Trinajstić information content (AvgIpc) is 2.24. The molecular formula is C13H20ClNO. The molecule has 2 nitrogen and oxygen atoms in total. The summed E-state index contributed by atoms with van der Waals surface area (Å²) in [5, 5.41) is 4.18. The summed E-state index contributed by atoms with van der Waals surface area (Å²) >= 11 is 5.94. The van der Waals surface area contributed by atoms with Gasteiger partial charge in [0.05, 0.1) is 12.7 Å². The van der Waals surface area contributed by atoms with Crippen LogP contribution >= 0.6 is 11.6 Å². The average molecular weight is 242 g/mol. The molecule has 0 radical (unpaired) electrons. The topological polar surface area (TPSA) is 21.3 Å². The Kier molecular flexibility index (Phi) is 5.81. The molecule has 0 aliphatic heterocycles. The van der Waals surface area contributed by atoms with E-state index in [0.29, 0.717) is 12.1 Å². The first-order valence-corrected chi connectivity index (χ1v) is 6.08. The van der Waals surface area contributed by atoms with Gasteiger partial charge in [0, 0.05) is 17.6 Å². The summed E-state index contributed by atoms with van der Waals surface area (Å²) in [7, 11) is 0. The highest BCUT2D eigenvalue weighted by molar-refractivity contribution is 6.30. The second-order valence-electron chi connectivity index (χ2n) is 4.15. The third kappa shape index (κ3) is 4.97. The summed E-state index contributed by atoms with van der Waals surface area (Å²) in [4.78, 5) is 0. The number of benzene rings is 1. The molecule has 0 aliphatic rings. The van der Waals surface area contributed by atoms with Crippen LogP contribution in [0, 0.1) is 0 Å². The first-order valence-electron chi connectivity index (χ1n) is 5.70. The van der Waals surface area contributed by atoms with Crippen LogP contribution < -0.4 is 5.32 Å². The van der Waals surface area contributed by atoms with Gasteiger partial charge in [-0.25, -0.2) is 0 Å². The third-order valence-electron chi connectivity index (χ3n) is 2.35. The summed E-state index contributed by atoms with van der Waals surface area (Å²) in [5.41, 5.74) is 1.21. The van der Waals surface area contributed by atoms with Crippen molar-refractivity contribution in [2.75, 3.05) is 13.2 Å². The molecule has 3 heteroatoms. The summed E-state index contributed by atoms with van der Waals surface area (Å²) in [6.45, 7) is 7.80. The highest BCUT2D eigenvalue weighted by Gasteiger charge is 2.04. The third-order valence-corrected chi connectivity index (χ3v) is 2.59. The second-order valence-corrected chi connectivity index (χ2v) is 4.59. The van der Waals surface area contributed by atoms with Gasteiger partial charge in [0.25, 0.3) is 0 Å². The molecule has 0 heterocycles. The van der Waals surface area contributed by atoms with Crippen molar-refractivity contribution in [1.82, 2.24) is 5.32 Å². The molecule has 16 heavy (non-hydrogen) atoms. The molecule has 0 fully saturated rings. The Morgan fingerprint density at radius 1 is 1.31 bits per heavy atom. The molecule has 0 aliphatic carbocycles. The molecule has 90 valence electrons. The van der Waals surface area contributed by atoms with Gasteiger partial charge >= 0.3 is 0 Å². The molecule has 1 rings (SSSR count). The highest BCUT2D eigenvalue weighted by atomic mass is 35.5. The first-order chi connectivity index (χ1) is 7.59. The van der Waals surface area contributed by atoms with Crippen molar-refractivity contribution in [3.05, 3.63) is 34.9 Å². The van der Waals surface area contributed by atoms with Crippen molar-refractivity contribution >= 4 is 11.6 Å². The Morgan fingerprint density at radius 2 is 2.06 bits per heavy atom. The summed E-state index contributed by atoms with van der Waals surface area (Å²) in [6.07, 6.45) is 0.295. The number of rotatable bonds is 6. The normalized spacial score (nSPS) is 13.1. The van der Waals surface area contributed by atoms with Gasteiger partial charge in [-0.15, -0.1) is 0 Å². The van der Waals surface area contributed by atoms with Gasteiger partial charge < -0.3 is 10.1 Å². The molecule has 0 aromatic heterocycles. The van der Waals surface area contributed by atoms with Gasteiger partial charge in [-0.05, 0) is 38.5 Å². The smallest absolute Gasteiger partial charge is 0.0594 e. The molecule has 1 aromatic carbocycles. The lowest BCUT2D eigenvalue weighted by atomic mass is 10.1. The van der Waals surface area contributed by atoms with Crippen LogP contribution in [0.25, 0.3) is 0 Å². The maximum atomic E-state index is 5.94. The van der Waals surface area contributed by atoms with E-state index in [9.17, 15) is 0 Å². The fourth-order valence-electron chi connectivity index (χ4n) is 1.46. The van der Waals surface area contributed by atoms with Gasteiger partial charge in [0.15, 0.2) is 0 Å². The molecular weight excluding hydrogens is 222 g/mol. The maximum Gasteiger partial charge on any atom is 0.0594 e. The summed E-state index contributed by atoms with van der Waals surface area (Å²) < 4.78 is 5.46. The molecule has 0 saturated carbocycles. The van der Waals surface area contributed by atoms with Crippen LogP contribution in [0.3, 0.4) is 0 Å². The van der Waals surface area contributed by atoms with E-state index in [1.807, 2.05) is 32.0 Å². The minimum absolute atomic E-state index is 0.295. The van der Waals surface area contributed by atoms with Crippen LogP contribution in [0.2, 0.25) is 5.02 Å². The highest BCUT2D eigenvalue weighted by Crippen LogP contribution is 2.16. The van der Waals surface area contributed by atoms with E-state index in [-0.39, 0.29) is 0 Å². The standard InChI is InChI=1S/C13H20ClNO/c1-10(2)16-8-7-15-11(3)12-5-4-6-13(14)9-12/h4-6,9-11,15H,7-8H2,1-3H3. The molecule has 0 amide bonds. The predicted octanol–water partition coefficient (Wildman–Crippen LogP) is 3.42. The molecule has 1 aromatic rings. The van der Waals surface area contributed by atoms with Crippen LogP contribution in [0.1, 0.15) is 32.4 Å². The summed E-state index contributed by atoms with van der Waals surface area (Å²) in [6, 6.07) is 8.23. The van der Waals surface area contributed by atoms with Crippen LogP contribution in [0.15, 0.2) is 24.3 Å². The summed E-state index contributed by atoms with van der Waals surface area (Å²) in [5.74, 6) is 0. The minimum atomic E-state index is 0.295. The van der Waals surface area contributed by atoms with Crippen molar-refractivity contribution in [1.29, 1.82) is 0 Å². The minimum Gasteiger partial charge on any atom is -0.377 e. The number of halogens is 1. The van der Waals surface area contributed by atoms with Crippen molar-refractivity contribution < 1.29 is 4.74 Å². The molecule has 0 saturated heterocycles. The monoisotopic (exact) mass is 241 g/mol. The zero-order valence-corrected chi connectivity index (χ0v) is 10.9. The van der Waals surface area contributed by atoms with E-state index in [1.54, 1.807) is 0 Å². The Balaban J connectivity index is 2.32. The second kappa shape index (κ2) is 6.89. The molecule has 1 N–H and O–H groups in total. The number of ether oxygens (including phenoxy) is 1. The molecule has 1 atom stereocenters. The largest absolute Gasteiger partial charge is 0.377 e. The van der Waals surface area contributed by atoms with Crippen LogP contribution in [0.4, 0.5) is 0 Å². The van der Waals surface area contributed by atoms with Gasteiger partial charge in [-0.2, -0.15) is 0 Å². The quantitative estimate of drug-likeness (QED) is 0.771. The zero-order valence-electron chi connectivity index (χ0n) is 10.2. The van der Waals surface area contributed by atoms with Gasteiger partial charge in [0.2, 0.25) is 0 Å². The van der Waals surface area contributed by atoms with Crippen molar-refractivity contribution in [2.24, 2.45) is 0 Å². The van der Waals surface area contributed by atoms with Crippen LogP contribution in [-0.2, 0) is 4.74 Å². The lowest BCUT2D eigenvalue weighted by Crippen LogP contribution is -2.24. The SMILES string of the molecule is CC(C)OCCNC(C)c1cccc(Cl)c1. The van der Waals surface area contributed by atoms with E-state index in [4.69, 9.17) is 16.3 Å². The number of nitrogens with one attached hydrogen (secondary N) is 1. The Hall–Kier alpha value is -0.570. The van der Waals surface area contributed by atoms with Crippen LogP contribution in [-0.4, -0.2) is 19.3 Å². The van der Waals surface area contributed by atoms with E-state index in [2.05, 4.69) is 18.3 Å². The van der Waals surface area contributed by atoms with E-state index in [1.165, 1.54) is 5.56 Å². The molecule has 0 bridgehead atoms. The molecule has 0 spiro atoms. The van der Waals surface area contributed by atoms with Gasteiger partial charge in [-0.1, -0.05) is 23.7 Å². The zero-order chi connectivity index (χ0) is 12.0. The van der Waals surface area contributed by atoms with Crippen molar-refractivity contribution in [3.8, 4) is 0 Å². The van der Waals surface area contributed by atoms with Gasteiger partial charge in [0.1, 0.15) is 0 Å². The first kappa shape index (κ1) is 13.5. The predicted molar refractivity (Wildman–Crippen MR) is 69.0 cm³/mol. The van der Waals surface area contributed by atoms with E-state index in [0.717, 1.165) is 18.2 Å². The lowest BCUT2D eigenvalue weighted by Gasteiger charge is -2.15. The molecule has 1 unspecified atom stereocenters. The lowest BCUT2D eigenvalue weighted by molar-refractivity contribution is 0.0796. The van der Waals surface area contributed by atoms with Crippen LogP contribution in [0.5, 0.6) is 0 Å². The Labute approximate surface area is 103 Å².